The molecule has 5 heteroatoms. The van der Waals surface area contributed by atoms with Gasteiger partial charge in [0, 0.05) is 27.3 Å². The molecule has 0 bridgehead atoms. The van der Waals surface area contributed by atoms with Gasteiger partial charge in [0.25, 0.3) is 6.71 Å². The monoisotopic (exact) mass is 575 g/mol. The second-order valence-corrected chi connectivity index (χ2v) is 17.1. The molecule has 5 aromatic carbocycles. The molecule has 0 aromatic heterocycles. The zero-order valence-corrected chi connectivity index (χ0v) is 25.5. The highest BCUT2D eigenvalue weighted by Crippen LogP contribution is 2.51. The smallest absolute Gasteiger partial charge is 0.250 e. The first-order valence-electron chi connectivity index (χ1n) is 15.1. The van der Waals surface area contributed by atoms with Crippen molar-refractivity contribution in [3.8, 4) is 11.5 Å². The van der Waals surface area contributed by atoms with Gasteiger partial charge in [-0.05, 0) is 66.1 Å². The third kappa shape index (κ3) is 3.41. The van der Waals surface area contributed by atoms with Crippen LogP contribution in [-0.4, -0.2) is 14.8 Å². The van der Waals surface area contributed by atoms with E-state index in [2.05, 4.69) is 127 Å². The maximum Gasteiger partial charge on any atom is 0.250 e. The molecule has 0 amide bonds. The number of allylic oxidation sites excluding steroid dienone is 2. The number of para-hydroxylation sites is 1. The number of benzene rings is 5. The first-order valence-corrected chi connectivity index (χ1v) is 18.4. The fourth-order valence-electron chi connectivity index (χ4n) is 7.89. The summed E-state index contributed by atoms with van der Waals surface area (Å²) in [7, 11) is -2.22. The molecule has 2 nitrogen and oxygen atoms in total. The average molecular weight is 576 g/mol. The van der Waals surface area contributed by atoms with Crippen LogP contribution in [0.5, 0.6) is 11.5 Å². The molecule has 1 unspecified atom stereocenters. The zero-order chi connectivity index (χ0) is 27.8. The first-order chi connectivity index (χ1) is 20.7. The topological polar surface area (TPSA) is 12.5 Å². The lowest BCUT2D eigenvalue weighted by atomic mass is 9.35. The van der Waals surface area contributed by atoms with Crippen molar-refractivity contribution in [3.63, 3.8) is 0 Å². The van der Waals surface area contributed by atoms with E-state index >= 15 is 0 Å². The largest absolute Gasteiger partial charge is 0.458 e. The predicted octanol–water partition coefficient (Wildman–Crippen LogP) is 5.75. The van der Waals surface area contributed by atoms with Crippen LogP contribution in [0.25, 0.3) is 0 Å². The second-order valence-electron chi connectivity index (χ2n) is 12.0. The average Bonchev–Trinajstić information content (AvgIpc) is 3.05. The Bertz CT molecular complexity index is 1940. The Hall–Kier alpha value is -3.93. The van der Waals surface area contributed by atoms with Crippen molar-refractivity contribution in [2.45, 2.75) is 37.1 Å². The minimum atomic E-state index is -2.22. The van der Waals surface area contributed by atoms with Crippen LogP contribution < -0.4 is 41.6 Å². The van der Waals surface area contributed by atoms with Crippen molar-refractivity contribution in [2.75, 3.05) is 4.90 Å². The molecule has 1 aliphatic carbocycles. The van der Waals surface area contributed by atoms with E-state index in [4.69, 9.17) is 4.74 Å². The fourth-order valence-corrected chi connectivity index (χ4v) is 13.4. The zero-order valence-electron chi connectivity index (χ0n) is 23.6. The normalized spacial score (nSPS) is 19.6. The van der Waals surface area contributed by atoms with E-state index in [1.54, 1.807) is 0 Å². The van der Waals surface area contributed by atoms with E-state index < -0.39 is 8.07 Å². The van der Waals surface area contributed by atoms with Gasteiger partial charge >= 0.3 is 0 Å². The highest BCUT2D eigenvalue weighted by molar-refractivity contribution is 8.03. The van der Waals surface area contributed by atoms with Gasteiger partial charge in [-0.15, -0.1) is 0 Å². The Labute approximate surface area is 253 Å². The summed E-state index contributed by atoms with van der Waals surface area (Å²) in [5.74, 6) is 1.99. The number of anilines is 2. The molecule has 0 N–H and O–H groups in total. The Morgan fingerprint density at radius 2 is 1.50 bits per heavy atom. The second kappa shape index (κ2) is 9.29. The highest BCUT2D eigenvalue weighted by atomic mass is 32.2. The summed E-state index contributed by atoms with van der Waals surface area (Å²) in [4.78, 5) is 5.39. The van der Waals surface area contributed by atoms with E-state index in [1.165, 1.54) is 78.1 Å². The van der Waals surface area contributed by atoms with Crippen LogP contribution in [0.15, 0.2) is 131 Å². The number of hydrogen-bond donors (Lipinski definition) is 0. The molecule has 202 valence electrons. The van der Waals surface area contributed by atoms with Gasteiger partial charge in [0.05, 0.1) is 5.69 Å². The molecule has 3 heterocycles. The molecule has 0 saturated carbocycles. The number of thioether (sulfide) groups is 1. The van der Waals surface area contributed by atoms with Gasteiger partial charge in [0.15, 0.2) is 0 Å². The fraction of sp³-hybridized carbons (Fsp3) is 0.135. The van der Waals surface area contributed by atoms with Crippen LogP contribution in [0.3, 0.4) is 0 Å². The lowest BCUT2D eigenvalue weighted by Gasteiger charge is -2.43. The lowest BCUT2D eigenvalue weighted by molar-refractivity contribution is 0.488. The molecule has 0 fully saturated rings. The standard InChI is InChI=1S/C37H30BNOSSi/c1-42(26-12-3-2-4-13-26)35-20-10-5-14-28(35)38-27-23-22-25(24-32(27)40-31-17-11-21-36(42)37(31)38)39-29-15-6-8-18-33(29)41-34-19-9-7-16-30(34)39/h2-6,8,10-15,17-18,20-24H,7,9,16,19H2,1H3. The Kier molecular flexibility index (Phi) is 5.45. The minimum Gasteiger partial charge on any atom is -0.458 e. The molecule has 0 saturated heterocycles. The van der Waals surface area contributed by atoms with Crippen molar-refractivity contribution in [1.29, 1.82) is 0 Å². The van der Waals surface area contributed by atoms with Gasteiger partial charge in [-0.3, -0.25) is 0 Å². The number of fused-ring (bicyclic) bond motifs is 5. The maximum absolute atomic E-state index is 6.90. The summed E-state index contributed by atoms with van der Waals surface area (Å²) in [6, 6.07) is 43.0. The quantitative estimate of drug-likeness (QED) is 0.244. The van der Waals surface area contributed by atoms with Gasteiger partial charge < -0.3 is 9.64 Å². The van der Waals surface area contributed by atoms with Gasteiger partial charge in [0.1, 0.15) is 19.6 Å². The molecule has 5 aromatic rings. The molecular formula is C37H30BNOSSi. The van der Waals surface area contributed by atoms with Gasteiger partial charge in [-0.1, -0.05) is 119 Å². The minimum absolute atomic E-state index is 0.170. The Balaban J connectivity index is 1.24. The maximum atomic E-state index is 6.90. The van der Waals surface area contributed by atoms with E-state index in [0.29, 0.717) is 0 Å². The van der Waals surface area contributed by atoms with Gasteiger partial charge in [-0.2, -0.15) is 0 Å². The van der Waals surface area contributed by atoms with Crippen LogP contribution in [0.2, 0.25) is 6.55 Å². The summed E-state index contributed by atoms with van der Waals surface area (Å²) in [6.07, 6.45) is 4.82. The summed E-state index contributed by atoms with van der Waals surface area (Å²) < 4.78 is 6.90. The van der Waals surface area contributed by atoms with Crippen LogP contribution in [0.1, 0.15) is 25.7 Å². The molecule has 0 radical (unpaired) electrons. The van der Waals surface area contributed by atoms with Crippen molar-refractivity contribution in [1.82, 2.24) is 0 Å². The Morgan fingerprint density at radius 1 is 0.714 bits per heavy atom. The lowest BCUT2D eigenvalue weighted by Crippen LogP contribution is -2.81. The van der Waals surface area contributed by atoms with Crippen LogP contribution in [0.4, 0.5) is 11.4 Å². The SMILES string of the molecule is C[Si]1(c2ccccc2)c2ccccc2B2c3ccc(N4C5=C(CCCC5)Sc5ccccc54)cc3Oc3cccc1c32. The Morgan fingerprint density at radius 3 is 2.43 bits per heavy atom. The molecule has 0 spiro atoms. The number of ether oxygens (including phenoxy) is 1. The van der Waals surface area contributed by atoms with E-state index in [1.807, 2.05) is 11.8 Å². The van der Waals surface area contributed by atoms with E-state index in [-0.39, 0.29) is 6.71 Å². The van der Waals surface area contributed by atoms with Crippen LogP contribution in [0, 0.1) is 0 Å². The van der Waals surface area contributed by atoms with Gasteiger partial charge in [-0.25, -0.2) is 0 Å². The molecule has 42 heavy (non-hydrogen) atoms. The molecule has 1 atom stereocenters. The van der Waals surface area contributed by atoms with Crippen molar-refractivity contribution >= 4 is 69.9 Å². The van der Waals surface area contributed by atoms with E-state index in [9.17, 15) is 0 Å². The molecular weight excluding hydrogens is 545 g/mol. The summed E-state index contributed by atoms with van der Waals surface area (Å²) in [5, 5.41) is 4.44. The number of rotatable bonds is 2. The van der Waals surface area contributed by atoms with Crippen LogP contribution >= 0.6 is 11.8 Å². The molecule has 4 aliphatic rings. The summed E-state index contributed by atoms with van der Waals surface area (Å²) in [5.41, 5.74) is 8.03. The predicted molar refractivity (Wildman–Crippen MR) is 181 cm³/mol. The highest BCUT2D eigenvalue weighted by Gasteiger charge is 2.48. The number of nitrogens with zero attached hydrogens (tertiary/aromatic N) is 1. The molecule has 3 aliphatic heterocycles. The molecule has 9 rings (SSSR count). The van der Waals surface area contributed by atoms with Crippen molar-refractivity contribution in [2.24, 2.45) is 0 Å². The number of hydrogen-bond acceptors (Lipinski definition) is 3. The first kappa shape index (κ1) is 24.7. The summed E-state index contributed by atoms with van der Waals surface area (Å²) in [6.45, 7) is 2.69. The summed E-state index contributed by atoms with van der Waals surface area (Å²) >= 11 is 1.97. The third-order valence-corrected chi connectivity index (χ3v) is 15.6. The third-order valence-electron chi connectivity index (χ3n) is 9.84. The van der Waals surface area contributed by atoms with Crippen LogP contribution in [-0.2, 0) is 0 Å². The van der Waals surface area contributed by atoms with Crippen molar-refractivity contribution in [3.05, 3.63) is 126 Å². The van der Waals surface area contributed by atoms with Crippen molar-refractivity contribution < 1.29 is 4.74 Å². The van der Waals surface area contributed by atoms with E-state index in [0.717, 1.165) is 17.9 Å². The van der Waals surface area contributed by atoms with Gasteiger partial charge in [0.2, 0.25) is 0 Å².